The van der Waals surface area contributed by atoms with Gasteiger partial charge in [0.25, 0.3) is 5.91 Å². The molecule has 0 unspecified atom stereocenters. The summed E-state index contributed by atoms with van der Waals surface area (Å²) in [4.78, 5) is 29.8. The molecule has 4 rings (SSSR count). The van der Waals surface area contributed by atoms with E-state index in [0.717, 1.165) is 45.3 Å². The highest BCUT2D eigenvalue weighted by Crippen LogP contribution is 2.23. The van der Waals surface area contributed by atoms with Crippen LogP contribution in [0.5, 0.6) is 0 Å². The highest BCUT2D eigenvalue weighted by molar-refractivity contribution is 5.94. The third-order valence-corrected chi connectivity index (χ3v) is 6.35. The van der Waals surface area contributed by atoms with E-state index in [-0.39, 0.29) is 29.6 Å². The highest BCUT2D eigenvalue weighted by atomic mass is 19.1. The molecule has 0 bridgehead atoms. The topological polar surface area (TPSA) is 52.7 Å². The minimum Gasteiger partial charge on any atom is -0.349 e. The van der Waals surface area contributed by atoms with E-state index in [1.807, 2.05) is 11.0 Å². The minimum atomic E-state index is -0.353. The van der Waals surface area contributed by atoms with Crippen molar-refractivity contribution in [2.24, 2.45) is 5.92 Å². The smallest absolute Gasteiger partial charge is 0.251 e. The van der Waals surface area contributed by atoms with Crippen LogP contribution < -0.4 is 5.32 Å². The first kappa shape index (κ1) is 21.5. The van der Waals surface area contributed by atoms with Crippen LogP contribution in [-0.2, 0) is 11.3 Å². The Labute approximate surface area is 183 Å². The lowest BCUT2D eigenvalue weighted by molar-refractivity contribution is -0.138. The summed E-state index contributed by atoms with van der Waals surface area (Å²) in [6.07, 6.45) is 3.50. The molecule has 6 heteroatoms. The lowest BCUT2D eigenvalue weighted by atomic mass is 9.94. The van der Waals surface area contributed by atoms with E-state index in [2.05, 4.69) is 34.5 Å². The number of likely N-dealkylation sites (tertiary alicyclic amines) is 2. The molecule has 1 N–H and O–H groups in total. The molecule has 2 saturated heterocycles. The number of carbonyl (C=O) groups is 2. The summed E-state index contributed by atoms with van der Waals surface area (Å²) in [6, 6.07) is 16.0. The van der Waals surface area contributed by atoms with Crippen LogP contribution in [-0.4, -0.2) is 53.8 Å². The van der Waals surface area contributed by atoms with Crippen LogP contribution in [0.2, 0.25) is 0 Å². The first-order chi connectivity index (χ1) is 15.1. The fourth-order valence-electron chi connectivity index (χ4n) is 4.61. The van der Waals surface area contributed by atoms with Crippen LogP contribution in [0.4, 0.5) is 4.39 Å². The molecule has 2 amide bonds. The van der Waals surface area contributed by atoms with Gasteiger partial charge in [0, 0.05) is 37.8 Å². The zero-order chi connectivity index (χ0) is 21.6. The van der Waals surface area contributed by atoms with Crippen molar-refractivity contribution in [3.05, 3.63) is 71.5 Å². The van der Waals surface area contributed by atoms with E-state index >= 15 is 0 Å². The summed E-state index contributed by atoms with van der Waals surface area (Å²) in [5, 5.41) is 3.02. The Morgan fingerprint density at radius 3 is 2.35 bits per heavy atom. The summed E-state index contributed by atoms with van der Waals surface area (Å²) in [5.41, 5.74) is 1.74. The fraction of sp³-hybridized carbons (Fsp3) is 0.440. The van der Waals surface area contributed by atoms with Crippen LogP contribution in [0.25, 0.3) is 0 Å². The van der Waals surface area contributed by atoms with E-state index in [1.165, 1.54) is 29.8 Å². The second kappa shape index (κ2) is 10.1. The molecular formula is C25H30FN3O2. The summed E-state index contributed by atoms with van der Waals surface area (Å²) in [6.45, 7) is 4.08. The fourth-order valence-corrected chi connectivity index (χ4v) is 4.61. The van der Waals surface area contributed by atoms with Crippen LogP contribution in [0, 0.1) is 11.7 Å². The van der Waals surface area contributed by atoms with Gasteiger partial charge in [-0.15, -0.1) is 0 Å². The summed E-state index contributed by atoms with van der Waals surface area (Å²) in [5.74, 6) is -0.231. The maximum absolute atomic E-state index is 13.1. The molecule has 164 valence electrons. The van der Waals surface area contributed by atoms with Crippen molar-refractivity contribution in [1.82, 2.24) is 15.1 Å². The first-order valence-electron chi connectivity index (χ1n) is 11.2. The van der Waals surface area contributed by atoms with Gasteiger partial charge in [-0.05, 0) is 62.1 Å². The SMILES string of the molecule is O=C(NC1CCN(C(=O)[C@@H]2CCCN(Cc3ccccc3)C2)CC1)c1ccc(F)cc1. The maximum Gasteiger partial charge on any atom is 0.251 e. The molecule has 2 aromatic rings. The number of halogens is 1. The van der Waals surface area contributed by atoms with Crippen molar-refractivity contribution in [3.8, 4) is 0 Å². The highest BCUT2D eigenvalue weighted by Gasteiger charge is 2.31. The monoisotopic (exact) mass is 423 g/mol. The molecule has 1 atom stereocenters. The average molecular weight is 424 g/mol. The van der Waals surface area contributed by atoms with E-state index in [0.29, 0.717) is 18.7 Å². The zero-order valence-corrected chi connectivity index (χ0v) is 17.8. The zero-order valence-electron chi connectivity index (χ0n) is 17.8. The van der Waals surface area contributed by atoms with Crippen molar-refractivity contribution in [2.75, 3.05) is 26.2 Å². The van der Waals surface area contributed by atoms with Crippen molar-refractivity contribution < 1.29 is 14.0 Å². The number of piperidine rings is 2. The van der Waals surface area contributed by atoms with Gasteiger partial charge in [0.2, 0.25) is 5.91 Å². The molecule has 31 heavy (non-hydrogen) atoms. The van der Waals surface area contributed by atoms with Crippen molar-refractivity contribution in [2.45, 2.75) is 38.3 Å². The second-order valence-electron chi connectivity index (χ2n) is 8.64. The van der Waals surface area contributed by atoms with E-state index in [1.54, 1.807) is 0 Å². The Hall–Kier alpha value is -2.73. The largest absolute Gasteiger partial charge is 0.349 e. The minimum absolute atomic E-state index is 0.0440. The molecule has 0 aliphatic carbocycles. The van der Waals surface area contributed by atoms with Gasteiger partial charge >= 0.3 is 0 Å². The van der Waals surface area contributed by atoms with Gasteiger partial charge in [0.05, 0.1) is 5.92 Å². The van der Waals surface area contributed by atoms with Crippen LogP contribution in [0.15, 0.2) is 54.6 Å². The van der Waals surface area contributed by atoms with Crippen molar-refractivity contribution in [3.63, 3.8) is 0 Å². The van der Waals surface area contributed by atoms with Gasteiger partial charge < -0.3 is 10.2 Å². The summed E-state index contributed by atoms with van der Waals surface area (Å²) >= 11 is 0. The second-order valence-corrected chi connectivity index (χ2v) is 8.64. The predicted molar refractivity (Wildman–Crippen MR) is 118 cm³/mol. The van der Waals surface area contributed by atoms with Gasteiger partial charge in [0.1, 0.15) is 5.82 Å². The van der Waals surface area contributed by atoms with Gasteiger partial charge in [0.15, 0.2) is 0 Å². The quantitative estimate of drug-likeness (QED) is 0.801. The Kier molecular flexibility index (Phi) is 6.97. The average Bonchev–Trinajstić information content (AvgIpc) is 2.80. The third-order valence-electron chi connectivity index (χ3n) is 6.35. The summed E-state index contributed by atoms with van der Waals surface area (Å²) in [7, 11) is 0. The molecule has 0 saturated carbocycles. The number of benzene rings is 2. The molecule has 2 heterocycles. The Morgan fingerprint density at radius 1 is 0.935 bits per heavy atom. The Bertz CT molecular complexity index is 879. The van der Waals surface area contributed by atoms with Crippen LogP contribution in [0.1, 0.15) is 41.6 Å². The van der Waals surface area contributed by atoms with Gasteiger partial charge in [-0.2, -0.15) is 0 Å². The lowest BCUT2D eigenvalue weighted by Crippen LogP contribution is -2.50. The number of nitrogens with one attached hydrogen (secondary N) is 1. The van der Waals surface area contributed by atoms with Gasteiger partial charge in [-0.3, -0.25) is 14.5 Å². The number of hydrogen-bond acceptors (Lipinski definition) is 3. The molecular weight excluding hydrogens is 393 g/mol. The van der Waals surface area contributed by atoms with Crippen LogP contribution >= 0.6 is 0 Å². The van der Waals surface area contributed by atoms with Gasteiger partial charge in [-0.1, -0.05) is 30.3 Å². The first-order valence-corrected chi connectivity index (χ1v) is 11.2. The number of amides is 2. The molecule has 2 fully saturated rings. The summed E-state index contributed by atoms with van der Waals surface area (Å²) < 4.78 is 13.0. The molecule has 0 spiro atoms. The van der Waals surface area contributed by atoms with Crippen molar-refractivity contribution >= 4 is 11.8 Å². The Balaban J connectivity index is 1.25. The molecule has 0 aromatic heterocycles. The van der Waals surface area contributed by atoms with Crippen molar-refractivity contribution in [1.29, 1.82) is 0 Å². The predicted octanol–water partition coefficient (Wildman–Crippen LogP) is 3.46. The van der Waals surface area contributed by atoms with E-state index in [9.17, 15) is 14.0 Å². The number of nitrogens with zero attached hydrogens (tertiary/aromatic N) is 2. The van der Waals surface area contributed by atoms with E-state index in [4.69, 9.17) is 0 Å². The number of hydrogen-bond donors (Lipinski definition) is 1. The van der Waals surface area contributed by atoms with Gasteiger partial charge in [-0.25, -0.2) is 4.39 Å². The number of carbonyl (C=O) groups excluding carboxylic acids is 2. The van der Waals surface area contributed by atoms with E-state index < -0.39 is 0 Å². The molecule has 2 aromatic carbocycles. The Morgan fingerprint density at radius 2 is 1.65 bits per heavy atom. The molecule has 2 aliphatic rings. The van der Waals surface area contributed by atoms with Crippen LogP contribution in [0.3, 0.4) is 0 Å². The lowest BCUT2D eigenvalue weighted by Gasteiger charge is -2.38. The standard InChI is InChI=1S/C25H30FN3O2/c26-22-10-8-20(9-11-22)24(30)27-23-12-15-29(16-13-23)25(31)21-7-4-14-28(18-21)17-19-5-2-1-3-6-19/h1-3,5-6,8-11,21,23H,4,7,12-18H2,(H,27,30)/t21-/m1/s1. The maximum atomic E-state index is 13.1. The molecule has 2 aliphatic heterocycles. The number of rotatable bonds is 5. The molecule has 5 nitrogen and oxygen atoms in total. The third kappa shape index (κ3) is 5.70. The normalized spacial score (nSPS) is 20.4. The molecule has 0 radical (unpaired) electrons.